The summed E-state index contributed by atoms with van der Waals surface area (Å²) in [5.41, 5.74) is 0. The molecular formula is C52H92O12S. The Morgan fingerprint density at radius 1 is 0.600 bits per heavy atom. The normalized spacial score (nSPS) is 20.1. The molecule has 0 aromatic carbocycles. The second kappa shape index (κ2) is 43.1. The van der Waals surface area contributed by atoms with Gasteiger partial charge >= 0.3 is 16.4 Å². The van der Waals surface area contributed by atoms with Gasteiger partial charge in [0.1, 0.15) is 30.5 Å². The SMILES string of the molecule is CC/C=C\C/C=C\C/C=C\C/C=C\CCCCCCCCCCCCCOCC(COC1OC(CO)C(O)C(OS(=O)(=O)O)C1O)OC(=O)CCCCCCC/C=C\CCCCCCC. The molecule has 1 heterocycles. The molecule has 6 unspecified atom stereocenters. The Morgan fingerprint density at radius 3 is 1.57 bits per heavy atom. The Morgan fingerprint density at radius 2 is 1.06 bits per heavy atom. The molecule has 6 atom stereocenters. The van der Waals surface area contributed by atoms with E-state index in [1.807, 2.05) is 0 Å². The molecule has 0 saturated carbocycles. The predicted molar refractivity (Wildman–Crippen MR) is 262 cm³/mol. The van der Waals surface area contributed by atoms with Crippen molar-refractivity contribution in [3.05, 3.63) is 60.8 Å². The third kappa shape index (κ3) is 36.5. The highest BCUT2D eigenvalue weighted by Crippen LogP contribution is 2.26. The van der Waals surface area contributed by atoms with E-state index in [-0.39, 0.29) is 19.6 Å². The summed E-state index contributed by atoms with van der Waals surface area (Å²) in [7, 11) is -5.07. The molecule has 1 aliphatic rings. The minimum atomic E-state index is -5.07. The van der Waals surface area contributed by atoms with Crippen molar-refractivity contribution in [3.63, 3.8) is 0 Å². The quantitative estimate of drug-likeness (QED) is 0.0197. The van der Waals surface area contributed by atoms with Crippen molar-refractivity contribution >= 4 is 16.4 Å². The van der Waals surface area contributed by atoms with Gasteiger partial charge in [0.15, 0.2) is 6.29 Å². The van der Waals surface area contributed by atoms with Gasteiger partial charge in [0.25, 0.3) is 0 Å². The van der Waals surface area contributed by atoms with E-state index in [9.17, 15) is 33.1 Å². The van der Waals surface area contributed by atoms with Crippen LogP contribution in [-0.2, 0) is 38.3 Å². The summed E-state index contributed by atoms with van der Waals surface area (Å²) < 4.78 is 59.2. The number of esters is 1. The Kier molecular flexibility index (Phi) is 40.3. The van der Waals surface area contributed by atoms with Gasteiger partial charge in [-0.3, -0.25) is 9.35 Å². The molecule has 1 rings (SSSR count). The van der Waals surface area contributed by atoms with E-state index in [0.717, 1.165) is 89.9 Å². The second-order valence-electron chi connectivity index (χ2n) is 17.4. The molecule has 1 fully saturated rings. The van der Waals surface area contributed by atoms with Crippen LogP contribution in [0, 0.1) is 0 Å². The fraction of sp³-hybridized carbons (Fsp3) is 0.788. The van der Waals surface area contributed by atoms with Crippen molar-refractivity contribution in [1.29, 1.82) is 0 Å². The summed E-state index contributed by atoms with van der Waals surface area (Å²) in [4.78, 5) is 12.9. The summed E-state index contributed by atoms with van der Waals surface area (Å²) in [5.74, 6) is -0.410. The number of ether oxygens (including phenoxy) is 4. The third-order valence-electron chi connectivity index (χ3n) is 11.4. The summed E-state index contributed by atoms with van der Waals surface area (Å²) in [6.07, 6.45) is 45.4. The molecule has 0 aromatic heterocycles. The van der Waals surface area contributed by atoms with Crippen LogP contribution < -0.4 is 0 Å². The van der Waals surface area contributed by atoms with E-state index < -0.39 is 59.8 Å². The van der Waals surface area contributed by atoms with E-state index >= 15 is 0 Å². The molecule has 1 aliphatic heterocycles. The van der Waals surface area contributed by atoms with Crippen molar-refractivity contribution in [3.8, 4) is 0 Å². The molecule has 0 aromatic rings. The predicted octanol–water partition coefficient (Wildman–Crippen LogP) is 11.7. The summed E-state index contributed by atoms with van der Waals surface area (Å²) >= 11 is 0. The van der Waals surface area contributed by atoms with Crippen molar-refractivity contribution in [1.82, 2.24) is 0 Å². The average Bonchev–Trinajstić information content (AvgIpc) is 3.28. The van der Waals surface area contributed by atoms with Gasteiger partial charge < -0.3 is 34.3 Å². The van der Waals surface area contributed by atoms with Crippen LogP contribution in [0.25, 0.3) is 0 Å². The molecule has 13 heteroatoms. The van der Waals surface area contributed by atoms with Crippen LogP contribution in [0.5, 0.6) is 0 Å². The van der Waals surface area contributed by atoms with Crippen LogP contribution in [0.1, 0.15) is 200 Å². The van der Waals surface area contributed by atoms with Crippen LogP contribution in [0.3, 0.4) is 0 Å². The monoisotopic (exact) mass is 941 g/mol. The highest BCUT2D eigenvalue weighted by atomic mass is 32.3. The molecule has 0 aliphatic carbocycles. The molecule has 1 saturated heterocycles. The first-order valence-electron chi connectivity index (χ1n) is 25.5. The maximum Gasteiger partial charge on any atom is 0.397 e. The fourth-order valence-corrected chi connectivity index (χ4v) is 8.05. The number of unbranched alkanes of at least 4 members (excludes halogenated alkanes) is 21. The van der Waals surface area contributed by atoms with E-state index in [1.54, 1.807) is 0 Å². The number of carbonyl (C=O) groups is 1. The smallest absolute Gasteiger partial charge is 0.397 e. The number of rotatable bonds is 44. The van der Waals surface area contributed by atoms with Crippen LogP contribution in [0.4, 0.5) is 0 Å². The Hall–Kier alpha value is -2.20. The van der Waals surface area contributed by atoms with Gasteiger partial charge in [-0.1, -0.05) is 177 Å². The van der Waals surface area contributed by atoms with Gasteiger partial charge in [0.05, 0.1) is 19.8 Å². The molecule has 0 bridgehead atoms. The molecule has 0 radical (unpaired) electrons. The molecule has 4 N–H and O–H groups in total. The van der Waals surface area contributed by atoms with Crippen molar-refractivity contribution in [2.75, 3.05) is 26.4 Å². The van der Waals surface area contributed by atoms with Gasteiger partial charge in [-0.15, -0.1) is 0 Å². The van der Waals surface area contributed by atoms with Crippen LogP contribution >= 0.6 is 0 Å². The maximum absolute atomic E-state index is 12.9. The zero-order chi connectivity index (χ0) is 47.5. The van der Waals surface area contributed by atoms with Crippen molar-refractivity contribution in [2.45, 2.75) is 237 Å². The Balaban J connectivity index is 2.33. The van der Waals surface area contributed by atoms with E-state index in [2.05, 4.69) is 78.8 Å². The molecule has 0 spiro atoms. The molecular weight excluding hydrogens is 849 g/mol. The number of hydrogen-bond donors (Lipinski definition) is 4. The van der Waals surface area contributed by atoms with Gasteiger partial charge in [-0.05, 0) is 77.0 Å². The fourth-order valence-electron chi connectivity index (χ4n) is 7.54. The lowest BCUT2D eigenvalue weighted by molar-refractivity contribution is -0.301. The lowest BCUT2D eigenvalue weighted by Crippen LogP contribution is -2.60. The number of aliphatic hydroxyl groups excluding tert-OH is 3. The average molecular weight is 941 g/mol. The first-order valence-corrected chi connectivity index (χ1v) is 26.9. The van der Waals surface area contributed by atoms with Crippen LogP contribution in [-0.4, -0.2) is 97.5 Å². The summed E-state index contributed by atoms with van der Waals surface area (Å²) in [5, 5.41) is 30.7. The lowest BCUT2D eigenvalue weighted by atomic mass is 9.99. The van der Waals surface area contributed by atoms with Crippen LogP contribution in [0.15, 0.2) is 60.8 Å². The van der Waals surface area contributed by atoms with Gasteiger partial charge in [0, 0.05) is 13.0 Å². The number of allylic oxidation sites excluding steroid dienone is 10. The largest absolute Gasteiger partial charge is 0.457 e. The topological polar surface area (TPSA) is 178 Å². The third-order valence-corrected chi connectivity index (χ3v) is 11.8. The minimum Gasteiger partial charge on any atom is -0.457 e. The van der Waals surface area contributed by atoms with Crippen LogP contribution in [0.2, 0.25) is 0 Å². The number of hydrogen-bond acceptors (Lipinski definition) is 11. The first-order chi connectivity index (χ1) is 31.6. The van der Waals surface area contributed by atoms with Crippen molar-refractivity contribution < 1.29 is 56.2 Å². The van der Waals surface area contributed by atoms with Gasteiger partial charge in [0.2, 0.25) is 0 Å². The van der Waals surface area contributed by atoms with Crippen molar-refractivity contribution in [2.24, 2.45) is 0 Å². The zero-order valence-electron chi connectivity index (χ0n) is 40.5. The van der Waals surface area contributed by atoms with E-state index in [0.29, 0.717) is 13.0 Å². The summed E-state index contributed by atoms with van der Waals surface area (Å²) in [6.45, 7) is 3.86. The first kappa shape index (κ1) is 60.8. The molecule has 65 heavy (non-hydrogen) atoms. The van der Waals surface area contributed by atoms with Gasteiger partial charge in [-0.25, -0.2) is 4.18 Å². The van der Waals surface area contributed by atoms with E-state index in [1.165, 1.54) is 83.5 Å². The highest BCUT2D eigenvalue weighted by molar-refractivity contribution is 7.80. The highest BCUT2D eigenvalue weighted by Gasteiger charge is 2.48. The minimum absolute atomic E-state index is 0.0290. The van der Waals surface area contributed by atoms with E-state index in [4.69, 9.17) is 18.9 Å². The second-order valence-corrected chi connectivity index (χ2v) is 18.4. The van der Waals surface area contributed by atoms with Gasteiger partial charge in [-0.2, -0.15) is 8.42 Å². The Labute approximate surface area is 395 Å². The molecule has 378 valence electrons. The molecule has 12 nitrogen and oxygen atoms in total. The summed E-state index contributed by atoms with van der Waals surface area (Å²) in [6, 6.07) is 0. The maximum atomic E-state index is 12.9. The lowest BCUT2D eigenvalue weighted by Gasteiger charge is -2.41. The number of carbonyl (C=O) groups excluding carboxylic acids is 1. The molecule has 0 amide bonds. The Bertz CT molecular complexity index is 1360. The standard InChI is InChI=1S/C52H92O12S/c1-3-5-7-9-11-13-15-17-19-20-21-22-23-24-25-26-27-28-30-32-34-36-38-40-42-60-44-46(45-61-52-50(56)51(64-65(57,58)59)49(55)47(43-53)63-52)62-48(54)41-39-37-35-33-31-29-18-16-14-12-10-8-6-4-2/h5,7,11,13,16-19,21-22,46-47,49-53,55-56H,3-4,6,8-10,12,14-15,20,23-45H2,1-2H3,(H,57,58,59)/b7-5-,13-11-,18-16-,19-17-,22-21-. The zero-order valence-corrected chi connectivity index (χ0v) is 41.4. The number of aliphatic hydroxyl groups is 3.